The van der Waals surface area contributed by atoms with Crippen LogP contribution in [0.15, 0.2) is 358 Å². The largest absolute Gasteiger partial charge is 0.309 e. The molecular formula is C93H59N7. The Bertz CT molecular complexity index is 6560. The van der Waals surface area contributed by atoms with Gasteiger partial charge in [-0.25, -0.2) is 15.0 Å². The number of benzene rings is 15. The van der Waals surface area contributed by atoms with E-state index in [-0.39, 0.29) is 0 Å². The van der Waals surface area contributed by atoms with Crippen LogP contribution < -0.4 is 0 Å². The number of nitrogens with zero attached hydrogens (tertiary/aromatic N) is 7. The maximum absolute atomic E-state index is 5.58. The van der Waals surface area contributed by atoms with Gasteiger partial charge in [-0.2, -0.15) is 0 Å². The molecule has 0 spiro atoms. The fraction of sp³-hybridized carbons (Fsp3) is 0. The smallest absolute Gasteiger partial charge is 0.165 e. The topological polar surface area (TPSA) is 58.4 Å². The van der Waals surface area contributed by atoms with Crippen LogP contribution in [0, 0.1) is 0 Å². The first-order valence-electron chi connectivity index (χ1n) is 34.1. The molecule has 20 rings (SSSR count). The molecule has 0 fully saturated rings. The van der Waals surface area contributed by atoms with E-state index in [2.05, 4.69) is 376 Å². The average molecular weight is 1270 g/mol. The summed E-state index contributed by atoms with van der Waals surface area (Å²) in [5, 5.41) is 9.64. The van der Waals surface area contributed by atoms with Crippen LogP contribution in [0.2, 0.25) is 0 Å². The molecule has 0 aliphatic rings. The number of rotatable bonds is 11. The van der Waals surface area contributed by atoms with Crippen molar-refractivity contribution in [3.63, 3.8) is 0 Å². The summed E-state index contributed by atoms with van der Waals surface area (Å²) in [7, 11) is 0. The van der Waals surface area contributed by atoms with Crippen LogP contribution >= 0.6 is 0 Å². The molecule has 0 aliphatic heterocycles. The molecular weight excluding hydrogens is 1220 g/mol. The molecule has 466 valence electrons. The van der Waals surface area contributed by atoms with Crippen LogP contribution in [0.25, 0.3) is 189 Å². The molecule has 0 saturated heterocycles. The van der Waals surface area contributed by atoms with E-state index >= 15 is 0 Å². The zero-order valence-corrected chi connectivity index (χ0v) is 54.2. The highest BCUT2D eigenvalue weighted by Gasteiger charge is 2.24. The van der Waals surface area contributed by atoms with Gasteiger partial charge in [0.1, 0.15) is 0 Å². The number of hydrogen-bond acceptors (Lipinski definition) is 3. The quantitative estimate of drug-likeness (QED) is 0.130. The molecule has 15 aromatic carbocycles. The van der Waals surface area contributed by atoms with Crippen molar-refractivity contribution in [1.82, 2.24) is 33.2 Å². The second-order valence-electron chi connectivity index (χ2n) is 25.9. The van der Waals surface area contributed by atoms with Crippen molar-refractivity contribution in [3.05, 3.63) is 358 Å². The van der Waals surface area contributed by atoms with Crippen molar-refractivity contribution < 1.29 is 0 Å². The van der Waals surface area contributed by atoms with E-state index < -0.39 is 0 Å². The van der Waals surface area contributed by atoms with Gasteiger partial charge in [-0.1, -0.05) is 224 Å². The highest BCUT2D eigenvalue weighted by molar-refractivity contribution is 6.15. The van der Waals surface area contributed by atoms with Crippen molar-refractivity contribution in [1.29, 1.82) is 0 Å². The predicted octanol–water partition coefficient (Wildman–Crippen LogP) is 23.9. The molecule has 0 atom stereocenters. The molecule has 20 aromatic rings. The van der Waals surface area contributed by atoms with Gasteiger partial charge in [-0.15, -0.1) is 0 Å². The number of aromatic nitrogens is 7. The molecule has 7 nitrogen and oxygen atoms in total. The van der Waals surface area contributed by atoms with E-state index in [1.54, 1.807) is 0 Å². The second kappa shape index (κ2) is 23.1. The summed E-state index contributed by atoms with van der Waals surface area (Å²) in [5.41, 5.74) is 25.1. The fourth-order valence-electron chi connectivity index (χ4n) is 15.7. The lowest BCUT2D eigenvalue weighted by molar-refractivity contribution is 1.07. The van der Waals surface area contributed by atoms with Crippen LogP contribution in [-0.2, 0) is 0 Å². The Labute approximate surface area is 576 Å². The molecule has 0 amide bonds. The van der Waals surface area contributed by atoms with Crippen LogP contribution in [-0.4, -0.2) is 33.2 Å². The lowest BCUT2D eigenvalue weighted by Crippen LogP contribution is -2.03. The summed E-state index contributed by atoms with van der Waals surface area (Å²) in [6.45, 7) is 0. The van der Waals surface area contributed by atoms with E-state index in [9.17, 15) is 0 Å². The summed E-state index contributed by atoms with van der Waals surface area (Å²) in [5.74, 6) is 1.72. The van der Waals surface area contributed by atoms with Gasteiger partial charge in [0, 0.05) is 82.5 Å². The molecule has 5 aromatic heterocycles. The minimum absolute atomic E-state index is 0.569. The molecule has 5 heterocycles. The Morgan fingerprint density at radius 1 is 0.160 bits per heavy atom. The third kappa shape index (κ3) is 9.24. The molecule has 0 saturated carbocycles. The minimum atomic E-state index is 0.569. The summed E-state index contributed by atoms with van der Waals surface area (Å²) in [6.07, 6.45) is 0. The summed E-state index contributed by atoms with van der Waals surface area (Å²) < 4.78 is 9.51. The number of hydrogen-bond donors (Lipinski definition) is 0. The van der Waals surface area contributed by atoms with E-state index in [1.165, 1.54) is 81.8 Å². The number of para-hydroxylation sites is 6. The SMILES string of the molecule is c1ccc(-c2cccc(-c3ccccc3)c2-c2nc(-c3ccc(-n4c5ccccc5c5cc(-c6ccc7c(c6)c6ccccc6n7-c6ccccc6)ccc54)cc3)nc(-c3cccc(-n4c5ccccc5c5cc(-c6ccc7c(c6)c6ccccc6n7-c6ccccc6)ccc54)c3)n2)cc1. The molecule has 0 unspecified atom stereocenters. The molecule has 0 aliphatic carbocycles. The predicted molar refractivity (Wildman–Crippen MR) is 415 cm³/mol. The van der Waals surface area contributed by atoms with E-state index in [0.29, 0.717) is 17.5 Å². The first-order chi connectivity index (χ1) is 49.6. The highest BCUT2D eigenvalue weighted by atomic mass is 15.0. The summed E-state index contributed by atoms with van der Waals surface area (Å²) in [6, 6.07) is 129. The van der Waals surface area contributed by atoms with Crippen LogP contribution in [0.5, 0.6) is 0 Å². The van der Waals surface area contributed by atoms with Gasteiger partial charge >= 0.3 is 0 Å². The molecule has 7 heteroatoms. The molecule has 0 radical (unpaired) electrons. The van der Waals surface area contributed by atoms with Crippen molar-refractivity contribution in [2.45, 2.75) is 0 Å². The maximum atomic E-state index is 5.58. The van der Waals surface area contributed by atoms with Gasteiger partial charge in [-0.3, -0.25) is 0 Å². The Morgan fingerprint density at radius 3 is 0.840 bits per heavy atom. The van der Waals surface area contributed by atoms with Gasteiger partial charge in [0.2, 0.25) is 0 Å². The van der Waals surface area contributed by atoms with Gasteiger partial charge < -0.3 is 18.3 Å². The zero-order chi connectivity index (χ0) is 65.8. The third-order valence-corrected chi connectivity index (χ3v) is 20.2. The average Bonchev–Trinajstić information content (AvgIpc) is 1.51. The minimum Gasteiger partial charge on any atom is -0.309 e. The standard InChI is InChI=1S/C93H59N7/c1-5-23-60(24-6-1)72-37-22-38-73(61-25-7-2-8-26-61)90(72)93-95-91(62-43-49-70(50-44-62)99-84-41-19-15-35-76(84)80-58-65(47-53-88(80)99)63-45-51-86-78(56-63)74-33-13-17-39-82(74)97(86)68-28-9-3-10-29-68)94-92(96-93)67-27-21-32-71(55-67)100-85-42-20-16-36-77(85)81-59-66(48-54-89(81)100)64-46-52-87-79(57-64)75-34-14-18-40-83(75)98(87)69-30-11-4-12-31-69/h1-59H. The highest BCUT2D eigenvalue weighted by Crippen LogP contribution is 2.44. The number of fused-ring (bicyclic) bond motifs is 12. The zero-order valence-electron chi connectivity index (χ0n) is 54.2. The molecule has 0 N–H and O–H groups in total. The maximum Gasteiger partial charge on any atom is 0.165 e. The van der Waals surface area contributed by atoms with Crippen molar-refractivity contribution in [2.75, 3.05) is 0 Å². The van der Waals surface area contributed by atoms with Gasteiger partial charge in [0.15, 0.2) is 17.5 Å². The Hall–Kier alpha value is -13.5. The molecule has 0 bridgehead atoms. The van der Waals surface area contributed by atoms with Gasteiger partial charge in [0.25, 0.3) is 0 Å². The third-order valence-electron chi connectivity index (χ3n) is 20.2. The Morgan fingerprint density at radius 2 is 0.440 bits per heavy atom. The first kappa shape index (κ1) is 56.8. The molecule has 100 heavy (non-hydrogen) atoms. The Kier molecular flexibility index (Phi) is 13.1. The second-order valence-corrected chi connectivity index (χ2v) is 25.9. The Balaban J connectivity index is 0.711. The van der Waals surface area contributed by atoms with E-state index in [1.807, 2.05) is 0 Å². The van der Waals surface area contributed by atoms with E-state index in [4.69, 9.17) is 15.0 Å². The lowest BCUT2D eigenvalue weighted by atomic mass is 9.91. The van der Waals surface area contributed by atoms with Gasteiger partial charge in [-0.05, 0) is 178 Å². The monoisotopic (exact) mass is 1270 g/mol. The fourth-order valence-corrected chi connectivity index (χ4v) is 15.7. The van der Waals surface area contributed by atoms with Crippen LogP contribution in [0.1, 0.15) is 0 Å². The van der Waals surface area contributed by atoms with Crippen molar-refractivity contribution >= 4 is 87.2 Å². The van der Waals surface area contributed by atoms with Gasteiger partial charge in [0.05, 0.1) is 44.1 Å². The summed E-state index contributed by atoms with van der Waals surface area (Å²) in [4.78, 5) is 16.6. The lowest BCUT2D eigenvalue weighted by Gasteiger charge is -2.17. The van der Waals surface area contributed by atoms with Crippen molar-refractivity contribution in [2.24, 2.45) is 0 Å². The van der Waals surface area contributed by atoms with E-state index in [0.717, 1.165) is 89.3 Å². The summed E-state index contributed by atoms with van der Waals surface area (Å²) >= 11 is 0. The van der Waals surface area contributed by atoms with Crippen LogP contribution in [0.4, 0.5) is 0 Å². The normalized spacial score (nSPS) is 11.8. The first-order valence-corrected chi connectivity index (χ1v) is 34.1. The van der Waals surface area contributed by atoms with Crippen molar-refractivity contribution in [3.8, 4) is 101 Å². The van der Waals surface area contributed by atoms with Crippen LogP contribution in [0.3, 0.4) is 0 Å².